The average molecular weight is 377 g/mol. The third-order valence-corrected chi connectivity index (χ3v) is 5.00. The van der Waals surface area contributed by atoms with Gasteiger partial charge < -0.3 is 9.47 Å². The first-order valence-corrected chi connectivity index (χ1v) is 9.59. The van der Waals surface area contributed by atoms with Gasteiger partial charge in [0, 0.05) is 51.2 Å². The Hall–Kier alpha value is -3.22. The molecule has 3 aromatic rings. The summed E-state index contributed by atoms with van der Waals surface area (Å²) in [6.07, 6.45) is 3.44. The van der Waals surface area contributed by atoms with Crippen LogP contribution in [0.25, 0.3) is 0 Å². The van der Waals surface area contributed by atoms with E-state index in [0.29, 0.717) is 39.0 Å². The number of hydrogen-bond acceptors (Lipinski definition) is 4. The van der Waals surface area contributed by atoms with Gasteiger partial charge in [-0.25, -0.2) is 9.67 Å². The van der Waals surface area contributed by atoms with E-state index in [0.717, 1.165) is 18.1 Å². The van der Waals surface area contributed by atoms with E-state index >= 15 is 0 Å². The molecule has 144 valence electrons. The molecule has 0 aliphatic carbocycles. The Morgan fingerprint density at radius 2 is 1.82 bits per heavy atom. The number of aromatic nitrogens is 4. The lowest BCUT2D eigenvalue weighted by atomic mass is 10.1. The minimum atomic E-state index is -0.0820. The van der Waals surface area contributed by atoms with Crippen LogP contribution >= 0.6 is 0 Å². The second-order valence-electron chi connectivity index (χ2n) is 6.94. The Bertz CT molecular complexity index is 983. The van der Waals surface area contributed by atoms with Crippen LogP contribution in [0.3, 0.4) is 0 Å². The quantitative estimate of drug-likeness (QED) is 0.676. The fourth-order valence-electron chi connectivity index (χ4n) is 3.47. The van der Waals surface area contributed by atoms with Crippen LogP contribution in [0.1, 0.15) is 23.6 Å². The van der Waals surface area contributed by atoms with Gasteiger partial charge in [0.05, 0.1) is 6.54 Å². The van der Waals surface area contributed by atoms with Crippen molar-refractivity contribution in [3.05, 3.63) is 82.3 Å². The summed E-state index contributed by atoms with van der Waals surface area (Å²) in [4.78, 5) is 30.9. The van der Waals surface area contributed by atoms with E-state index in [1.54, 1.807) is 22.9 Å². The topological polar surface area (TPSA) is 73.0 Å². The summed E-state index contributed by atoms with van der Waals surface area (Å²) in [6, 6.07) is 15.2. The summed E-state index contributed by atoms with van der Waals surface area (Å²) in [6.45, 7) is 2.29. The molecule has 4 rings (SSSR count). The molecule has 0 spiro atoms. The molecule has 7 heteroatoms. The first-order chi connectivity index (χ1) is 13.7. The van der Waals surface area contributed by atoms with E-state index < -0.39 is 0 Å². The zero-order valence-corrected chi connectivity index (χ0v) is 15.7. The third kappa shape index (κ3) is 4.19. The van der Waals surface area contributed by atoms with Crippen molar-refractivity contribution in [2.45, 2.75) is 32.4 Å². The van der Waals surface area contributed by atoms with Crippen molar-refractivity contribution in [1.82, 2.24) is 24.2 Å². The van der Waals surface area contributed by atoms with E-state index in [9.17, 15) is 9.59 Å². The smallest absolute Gasteiger partial charge is 0.250 e. The second-order valence-corrected chi connectivity index (χ2v) is 6.94. The molecule has 1 aromatic carbocycles. The monoisotopic (exact) mass is 377 g/mol. The molecule has 0 saturated heterocycles. The van der Waals surface area contributed by atoms with E-state index in [1.165, 1.54) is 11.6 Å². The van der Waals surface area contributed by atoms with E-state index in [2.05, 4.69) is 22.2 Å². The lowest BCUT2D eigenvalue weighted by Crippen LogP contribution is -2.35. The van der Waals surface area contributed by atoms with Crippen molar-refractivity contribution in [3.63, 3.8) is 0 Å². The van der Waals surface area contributed by atoms with Crippen LogP contribution in [-0.2, 0) is 30.7 Å². The molecule has 0 bridgehead atoms. The van der Waals surface area contributed by atoms with Gasteiger partial charge in [0.15, 0.2) is 5.82 Å². The number of hydrogen-bond donors (Lipinski definition) is 0. The Labute approximate surface area is 163 Å². The van der Waals surface area contributed by atoms with Crippen LogP contribution in [0.4, 0.5) is 0 Å². The minimum absolute atomic E-state index is 0.0611. The summed E-state index contributed by atoms with van der Waals surface area (Å²) in [5, 5.41) is 4.63. The molecular weight excluding hydrogens is 354 g/mol. The fraction of sp³-hybridized carbons (Fsp3) is 0.333. The number of rotatable bonds is 5. The van der Waals surface area contributed by atoms with Crippen LogP contribution in [-0.4, -0.2) is 43.2 Å². The Morgan fingerprint density at radius 3 is 2.64 bits per heavy atom. The fourth-order valence-corrected chi connectivity index (χ4v) is 3.47. The predicted molar refractivity (Wildman–Crippen MR) is 105 cm³/mol. The molecule has 2 aromatic heterocycles. The molecule has 28 heavy (non-hydrogen) atoms. The van der Waals surface area contributed by atoms with E-state index in [4.69, 9.17) is 0 Å². The van der Waals surface area contributed by atoms with Crippen molar-refractivity contribution >= 4 is 5.91 Å². The SMILES string of the molecule is O=C(CCn1ccccc1=O)N1CCc2nc(Cc3ccccc3)nn2CC1. The van der Waals surface area contributed by atoms with Crippen molar-refractivity contribution in [2.75, 3.05) is 13.1 Å². The van der Waals surface area contributed by atoms with Gasteiger partial charge in [-0.15, -0.1) is 0 Å². The van der Waals surface area contributed by atoms with Gasteiger partial charge in [0.1, 0.15) is 5.82 Å². The number of pyridine rings is 1. The van der Waals surface area contributed by atoms with E-state index in [-0.39, 0.29) is 11.5 Å². The highest BCUT2D eigenvalue weighted by atomic mass is 16.2. The first kappa shape index (κ1) is 18.2. The zero-order valence-electron chi connectivity index (χ0n) is 15.7. The van der Waals surface area contributed by atoms with Gasteiger partial charge in [0.25, 0.3) is 5.56 Å². The molecular formula is C21H23N5O2. The molecule has 1 aliphatic rings. The largest absolute Gasteiger partial charge is 0.340 e. The molecule has 3 heterocycles. The maximum atomic E-state index is 12.6. The standard InChI is InChI=1S/C21H23N5O2/c27-20-8-4-5-11-24(20)13-10-21(28)25-12-9-19-22-18(23-26(19)15-14-25)16-17-6-2-1-3-7-17/h1-8,11H,9-10,12-16H2. The normalized spacial score (nSPS) is 13.8. The van der Waals surface area contributed by atoms with Crippen molar-refractivity contribution in [3.8, 4) is 0 Å². The Morgan fingerprint density at radius 1 is 1.00 bits per heavy atom. The number of carbonyl (C=O) groups excluding carboxylic acids is 1. The maximum absolute atomic E-state index is 12.6. The predicted octanol–water partition coefficient (Wildman–Crippen LogP) is 1.51. The number of nitrogens with zero attached hydrogens (tertiary/aromatic N) is 5. The summed E-state index contributed by atoms with van der Waals surface area (Å²) in [5.41, 5.74) is 1.11. The van der Waals surface area contributed by atoms with Gasteiger partial charge >= 0.3 is 0 Å². The van der Waals surface area contributed by atoms with Crippen molar-refractivity contribution < 1.29 is 4.79 Å². The molecule has 7 nitrogen and oxygen atoms in total. The van der Waals surface area contributed by atoms with Gasteiger partial charge in [-0.1, -0.05) is 36.4 Å². The molecule has 0 fully saturated rings. The van der Waals surface area contributed by atoms with Crippen LogP contribution in [0.2, 0.25) is 0 Å². The van der Waals surface area contributed by atoms with Gasteiger partial charge in [0.2, 0.25) is 5.91 Å². The van der Waals surface area contributed by atoms with E-state index in [1.807, 2.05) is 27.8 Å². The Kier molecular flexibility index (Phi) is 5.32. The molecule has 0 saturated carbocycles. The number of benzene rings is 1. The molecule has 1 aliphatic heterocycles. The van der Waals surface area contributed by atoms with Crippen LogP contribution in [0, 0.1) is 0 Å². The highest BCUT2D eigenvalue weighted by Gasteiger charge is 2.20. The lowest BCUT2D eigenvalue weighted by Gasteiger charge is -2.20. The third-order valence-electron chi connectivity index (χ3n) is 5.00. The summed E-state index contributed by atoms with van der Waals surface area (Å²) in [7, 11) is 0. The number of aryl methyl sites for hydroxylation is 1. The number of fused-ring (bicyclic) bond motifs is 1. The molecule has 1 amide bonds. The summed E-state index contributed by atoms with van der Waals surface area (Å²) >= 11 is 0. The van der Waals surface area contributed by atoms with Gasteiger partial charge in [-0.3, -0.25) is 9.59 Å². The molecule has 0 radical (unpaired) electrons. The minimum Gasteiger partial charge on any atom is -0.340 e. The van der Waals surface area contributed by atoms with Crippen LogP contribution < -0.4 is 5.56 Å². The average Bonchev–Trinajstić information content (AvgIpc) is 2.98. The number of carbonyl (C=O) groups is 1. The van der Waals surface area contributed by atoms with Gasteiger partial charge in [-0.2, -0.15) is 5.10 Å². The lowest BCUT2D eigenvalue weighted by molar-refractivity contribution is -0.131. The molecule has 0 unspecified atom stereocenters. The highest BCUT2D eigenvalue weighted by Crippen LogP contribution is 2.11. The van der Waals surface area contributed by atoms with Crippen LogP contribution in [0.15, 0.2) is 59.5 Å². The summed E-state index contributed by atoms with van der Waals surface area (Å²) < 4.78 is 3.49. The van der Waals surface area contributed by atoms with Crippen LogP contribution in [0.5, 0.6) is 0 Å². The van der Waals surface area contributed by atoms with Gasteiger partial charge in [-0.05, 0) is 11.6 Å². The number of amides is 1. The first-order valence-electron chi connectivity index (χ1n) is 9.59. The van der Waals surface area contributed by atoms with Crippen molar-refractivity contribution in [1.29, 1.82) is 0 Å². The maximum Gasteiger partial charge on any atom is 0.250 e. The Balaban J connectivity index is 1.34. The molecule has 0 atom stereocenters. The highest BCUT2D eigenvalue weighted by molar-refractivity contribution is 5.76. The second kappa shape index (κ2) is 8.21. The zero-order chi connectivity index (χ0) is 19.3. The molecule has 0 N–H and O–H groups in total. The summed E-state index contributed by atoms with van der Waals surface area (Å²) in [5.74, 6) is 1.82. The van der Waals surface area contributed by atoms with Crippen molar-refractivity contribution in [2.24, 2.45) is 0 Å².